The predicted octanol–water partition coefficient (Wildman–Crippen LogP) is 1.18. The van der Waals surface area contributed by atoms with Gasteiger partial charge in [0.1, 0.15) is 0 Å². The first-order valence-corrected chi connectivity index (χ1v) is 2.77. The quantitative estimate of drug-likeness (QED) is 0.471. The van der Waals surface area contributed by atoms with Crippen LogP contribution in [0.4, 0.5) is 0 Å². The fourth-order valence-corrected chi connectivity index (χ4v) is 0.335. The lowest BCUT2D eigenvalue weighted by Crippen LogP contribution is -2.07. The van der Waals surface area contributed by atoms with E-state index >= 15 is 0 Å². The fraction of sp³-hybridized carbons (Fsp3) is 1.00. The van der Waals surface area contributed by atoms with E-state index in [1.54, 1.807) is 0 Å². The van der Waals surface area contributed by atoms with Gasteiger partial charge in [0.05, 0.1) is 5.54 Å². The van der Waals surface area contributed by atoms with Crippen LogP contribution >= 0.6 is 0 Å². The van der Waals surface area contributed by atoms with Crippen LogP contribution in [0.25, 0.3) is 0 Å². The highest BCUT2D eigenvalue weighted by atomic mass is 32.1. The van der Waals surface area contributed by atoms with Gasteiger partial charge in [-0.3, -0.25) is 0 Å². The van der Waals surface area contributed by atoms with Crippen LogP contribution in [0.5, 0.6) is 0 Å². The molecule has 0 unspecified atom stereocenters. The second kappa shape index (κ2) is 2.21. The van der Waals surface area contributed by atoms with Crippen LogP contribution in [0.1, 0.15) is 20.8 Å². The third kappa shape index (κ3) is 5.82. The van der Waals surface area contributed by atoms with Gasteiger partial charge in [0, 0.05) is 0 Å². The Morgan fingerprint density at radius 2 is 1.86 bits per heavy atom. The van der Waals surface area contributed by atoms with E-state index in [0.29, 0.717) is 0 Å². The summed E-state index contributed by atoms with van der Waals surface area (Å²) in [5.74, 6) is 0. The maximum atomic E-state index is 9.70. The van der Waals surface area contributed by atoms with Gasteiger partial charge in [-0.15, -0.1) is 0 Å². The Morgan fingerprint density at radius 1 is 1.43 bits per heavy atom. The Kier molecular flexibility index (Phi) is 2.15. The third-order valence-electron chi connectivity index (χ3n) is 0.311. The second-order valence-corrected chi connectivity index (χ2v) is 2.67. The minimum absolute atomic E-state index is 0.174. The van der Waals surface area contributed by atoms with Crippen molar-refractivity contribution < 1.29 is 4.21 Å². The van der Waals surface area contributed by atoms with Crippen molar-refractivity contribution in [3.63, 3.8) is 0 Å². The van der Waals surface area contributed by atoms with Gasteiger partial charge in [-0.2, -0.15) is 8.57 Å². The van der Waals surface area contributed by atoms with E-state index in [1.807, 2.05) is 20.8 Å². The molecule has 0 N–H and O–H groups in total. The van der Waals surface area contributed by atoms with Crippen LogP contribution in [0.2, 0.25) is 0 Å². The van der Waals surface area contributed by atoms with E-state index in [1.165, 1.54) is 0 Å². The summed E-state index contributed by atoms with van der Waals surface area (Å²) in [7, 11) is 0. The summed E-state index contributed by atoms with van der Waals surface area (Å²) in [6.45, 7) is 5.66. The molecule has 0 saturated carbocycles. The third-order valence-corrected chi connectivity index (χ3v) is 0.933. The molecule has 0 aliphatic heterocycles. The first-order valence-electron chi connectivity index (χ1n) is 2.07. The molecule has 2 nitrogen and oxygen atoms in total. The van der Waals surface area contributed by atoms with Gasteiger partial charge in [-0.1, -0.05) is 0 Å². The molecule has 0 radical (unpaired) electrons. The maximum Gasteiger partial charge on any atom is 0.200 e. The first kappa shape index (κ1) is 6.82. The van der Waals surface area contributed by atoms with Gasteiger partial charge in [-0.25, -0.2) is 0 Å². The van der Waals surface area contributed by atoms with Crippen molar-refractivity contribution in [2.75, 3.05) is 0 Å². The lowest BCUT2D eigenvalue weighted by atomic mass is 10.1. The van der Waals surface area contributed by atoms with Gasteiger partial charge >= 0.3 is 0 Å². The molecule has 42 valence electrons. The molecular formula is C4H9NOS. The van der Waals surface area contributed by atoms with E-state index in [2.05, 4.69) is 4.36 Å². The summed E-state index contributed by atoms with van der Waals surface area (Å²) in [5.41, 5.74) is -0.174. The average molecular weight is 119 g/mol. The van der Waals surface area contributed by atoms with Gasteiger partial charge in [0.15, 0.2) is 11.5 Å². The molecule has 0 rings (SSSR count). The largest absolute Gasteiger partial charge is 0.200 e. The summed E-state index contributed by atoms with van der Waals surface area (Å²) in [5, 5.41) is 0. The maximum absolute atomic E-state index is 9.70. The summed E-state index contributed by atoms with van der Waals surface area (Å²) in [6, 6.07) is 0. The van der Waals surface area contributed by atoms with Crippen molar-refractivity contribution in [2.24, 2.45) is 4.36 Å². The number of nitrogens with zero attached hydrogens (tertiary/aromatic N) is 1. The molecule has 0 saturated heterocycles. The molecule has 0 bridgehead atoms. The second-order valence-electron chi connectivity index (χ2n) is 2.34. The first-order chi connectivity index (χ1) is 3.06. The molecule has 0 aromatic carbocycles. The van der Waals surface area contributed by atoms with Crippen molar-refractivity contribution in [3.05, 3.63) is 0 Å². The molecule has 0 amide bonds. The highest BCUT2D eigenvalue weighted by Gasteiger charge is 2.04. The number of hydrogen-bond acceptors (Lipinski definition) is 2. The van der Waals surface area contributed by atoms with Gasteiger partial charge in [0.25, 0.3) is 0 Å². The Labute approximate surface area is 47.2 Å². The zero-order valence-electron chi connectivity index (χ0n) is 4.76. The van der Waals surface area contributed by atoms with Crippen LogP contribution in [0.3, 0.4) is 0 Å². The normalized spacial score (nSPS) is 10.7. The van der Waals surface area contributed by atoms with Crippen molar-refractivity contribution in [1.29, 1.82) is 0 Å². The van der Waals surface area contributed by atoms with Gasteiger partial charge in [-0.05, 0) is 20.8 Å². The number of hydrogen-bond donors (Lipinski definition) is 0. The van der Waals surface area contributed by atoms with Gasteiger partial charge < -0.3 is 0 Å². The lowest BCUT2D eigenvalue weighted by Gasteiger charge is -2.05. The monoisotopic (exact) mass is 119 g/mol. The zero-order chi connectivity index (χ0) is 5.91. The molecule has 0 atom stereocenters. The fourth-order valence-electron chi connectivity index (χ4n) is 0.112. The average Bonchev–Trinajstić information content (AvgIpc) is 1.30. The summed E-state index contributed by atoms with van der Waals surface area (Å²) in [4.78, 5) is 0. The predicted molar refractivity (Wildman–Crippen MR) is 30.3 cm³/mol. The molecule has 0 fully saturated rings. The smallest absolute Gasteiger partial charge is 0.191 e. The molecular weight excluding hydrogens is 110 g/mol. The van der Waals surface area contributed by atoms with E-state index < -0.39 is 0 Å². The SMILES string of the molecule is CC(C)(C)N=S=O. The van der Waals surface area contributed by atoms with Crippen LogP contribution in [-0.2, 0) is 11.5 Å². The van der Waals surface area contributed by atoms with Crippen molar-refractivity contribution >= 4 is 11.5 Å². The van der Waals surface area contributed by atoms with Gasteiger partial charge in [0.2, 0.25) is 0 Å². The molecule has 0 aromatic heterocycles. The summed E-state index contributed by atoms with van der Waals surface area (Å²) >= 11 is 0.284. The highest BCUT2D eigenvalue weighted by Crippen LogP contribution is 2.03. The van der Waals surface area contributed by atoms with Crippen LogP contribution in [0, 0.1) is 0 Å². The van der Waals surface area contributed by atoms with E-state index in [0.717, 1.165) is 0 Å². The van der Waals surface area contributed by atoms with Crippen LogP contribution in [0.15, 0.2) is 4.36 Å². The Balaban J connectivity index is 3.80. The molecule has 0 aliphatic carbocycles. The molecule has 0 heterocycles. The topological polar surface area (TPSA) is 29.4 Å². The van der Waals surface area contributed by atoms with Crippen LogP contribution in [-0.4, -0.2) is 9.75 Å². The van der Waals surface area contributed by atoms with Crippen molar-refractivity contribution in [3.8, 4) is 0 Å². The Hall–Kier alpha value is -0.180. The van der Waals surface area contributed by atoms with E-state index in [4.69, 9.17) is 0 Å². The minimum Gasteiger partial charge on any atom is -0.191 e. The summed E-state index contributed by atoms with van der Waals surface area (Å²) in [6.07, 6.45) is 0. The van der Waals surface area contributed by atoms with E-state index in [-0.39, 0.29) is 17.0 Å². The minimum atomic E-state index is -0.174. The molecule has 0 spiro atoms. The zero-order valence-corrected chi connectivity index (χ0v) is 5.58. The number of rotatable bonds is 0. The molecule has 0 aromatic rings. The Bertz CT molecular complexity index is 98.7. The Morgan fingerprint density at radius 3 is 1.86 bits per heavy atom. The summed E-state index contributed by atoms with van der Waals surface area (Å²) < 4.78 is 13.3. The van der Waals surface area contributed by atoms with Crippen molar-refractivity contribution in [1.82, 2.24) is 0 Å². The molecule has 0 aliphatic rings. The standard InChI is InChI=1S/C4H9NOS/c1-4(2,3)5-7-6/h1-3H3. The molecule has 7 heavy (non-hydrogen) atoms. The van der Waals surface area contributed by atoms with Crippen molar-refractivity contribution in [2.45, 2.75) is 26.3 Å². The van der Waals surface area contributed by atoms with E-state index in [9.17, 15) is 4.21 Å². The highest BCUT2D eigenvalue weighted by molar-refractivity contribution is 7.54. The molecule has 3 heteroatoms. The lowest BCUT2D eigenvalue weighted by molar-refractivity contribution is 0.588. The van der Waals surface area contributed by atoms with Crippen LogP contribution < -0.4 is 0 Å².